The van der Waals surface area contributed by atoms with Crippen LogP contribution < -0.4 is 5.32 Å². The summed E-state index contributed by atoms with van der Waals surface area (Å²) >= 11 is 3.40. The summed E-state index contributed by atoms with van der Waals surface area (Å²) in [6, 6.07) is 5.69. The number of amides is 1. The second kappa shape index (κ2) is 7.76. The van der Waals surface area contributed by atoms with Crippen molar-refractivity contribution in [3.05, 3.63) is 33.8 Å². The zero-order chi connectivity index (χ0) is 14.4. The number of carbonyl (C=O) groups is 1. The molecule has 0 bridgehead atoms. The normalized spacial score (nSPS) is 18.2. The van der Waals surface area contributed by atoms with Gasteiger partial charge in [-0.3, -0.25) is 4.79 Å². The minimum absolute atomic E-state index is 0.0430. The van der Waals surface area contributed by atoms with E-state index in [2.05, 4.69) is 21.2 Å². The number of hydrogen-bond acceptors (Lipinski definition) is 3. The fourth-order valence-electron chi connectivity index (χ4n) is 2.14. The summed E-state index contributed by atoms with van der Waals surface area (Å²) in [4.78, 5) is 12.0. The molecular weight excluding hydrogens is 322 g/mol. The molecule has 1 heterocycles. The van der Waals surface area contributed by atoms with Crippen LogP contribution in [0.5, 0.6) is 0 Å². The summed E-state index contributed by atoms with van der Waals surface area (Å²) in [6.07, 6.45) is 2.03. The van der Waals surface area contributed by atoms with Crippen LogP contribution >= 0.6 is 15.9 Å². The number of aryl methyl sites for hydroxylation is 1. The van der Waals surface area contributed by atoms with Crippen LogP contribution in [0.15, 0.2) is 22.7 Å². The van der Waals surface area contributed by atoms with Gasteiger partial charge in [0.1, 0.15) is 0 Å². The molecule has 1 aliphatic heterocycles. The van der Waals surface area contributed by atoms with Gasteiger partial charge in [-0.05, 0) is 43.5 Å². The minimum atomic E-state index is -0.0430. The molecule has 1 aromatic rings. The molecule has 110 valence electrons. The first kappa shape index (κ1) is 15.5. The van der Waals surface area contributed by atoms with Gasteiger partial charge in [-0.2, -0.15) is 0 Å². The Morgan fingerprint density at radius 2 is 2.35 bits per heavy atom. The first-order valence-electron chi connectivity index (χ1n) is 6.90. The maximum absolute atomic E-state index is 12.0. The predicted octanol–water partition coefficient (Wildman–Crippen LogP) is 2.68. The third kappa shape index (κ3) is 4.89. The highest BCUT2D eigenvalue weighted by Gasteiger charge is 2.15. The molecule has 1 amide bonds. The molecule has 20 heavy (non-hydrogen) atoms. The van der Waals surface area contributed by atoms with E-state index < -0.39 is 0 Å². The third-order valence-corrected chi connectivity index (χ3v) is 3.61. The fourth-order valence-corrected chi connectivity index (χ4v) is 2.75. The summed E-state index contributed by atoms with van der Waals surface area (Å²) in [5.41, 5.74) is 1.75. The van der Waals surface area contributed by atoms with E-state index in [-0.39, 0.29) is 12.0 Å². The molecule has 0 unspecified atom stereocenters. The van der Waals surface area contributed by atoms with Gasteiger partial charge in [-0.15, -0.1) is 0 Å². The van der Waals surface area contributed by atoms with E-state index in [1.54, 1.807) is 0 Å². The number of carbonyl (C=O) groups excluding carboxylic acids is 1. The van der Waals surface area contributed by atoms with Crippen molar-refractivity contribution in [1.29, 1.82) is 0 Å². The van der Waals surface area contributed by atoms with Crippen molar-refractivity contribution in [2.24, 2.45) is 0 Å². The molecule has 1 fully saturated rings. The standard InChI is InChI=1S/C15H20BrNO3/c1-11-7-12(9-13(16)8-11)15(18)17-4-2-5-20-14-3-6-19-10-14/h7-9,14H,2-6,10H2,1H3,(H,17,18)/t14-/m0/s1. The fraction of sp³-hybridized carbons (Fsp3) is 0.533. The SMILES string of the molecule is Cc1cc(Br)cc(C(=O)NCCCO[C@H]2CCOC2)c1. The Hall–Kier alpha value is -0.910. The Morgan fingerprint density at radius 3 is 3.05 bits per heavy atom. The lowest BCUT2D eigenvalue weighted by atomic mass is 10.1. The largest absolute Gasteiger partial charge is 0.379 e. The molecule has 0 aliphatic carbocycles. The predicted molar refractivity (Wildman–Crippen MR) is 81.0 cm³/mol. The average molecular weight is 342 g/mol. The number of nitrogens with one attached hydrogen (secondary N) is 1. The maximum Gasteiger partial charge on any atom is 0.251 e. The first-order chi connectivity index (χ1) is 9.65. The molecular formula is C15H20BrNO3. The zero-order valence-corrected chi connectivity index (χ0v) is 13.2. The quantitative estimate of drug-likeness (QED) is 0.809. The number of benzene rings is 1. The van der Waals surface area contributed by atoms with Gasteiger partial charge in [0.25, 0.3) is 5.91 Å². The summed E-state index contributed by atoms with van der Waals surface area (Å²) in [5, 5.41) is 2.91. The topological polar surface area (TPSA) is 47.6 Å². The molecule has 5 heteroatoms. The van der Waals surface area contributed by atoms with Crippen molar-refractivity contribution < 1.29 is 14.3 Å². The van der Waals surface area contributed by atoms with Gasteiger partial charge in [-0.1, -0.05) is 15.9 Å². The van der Waals surface area contributed by atoms with Crippen LogP contribution in [0.1, 0.15) is 28.8 Å². The Labute approximate surface area is 128 Å². The van der Waals surface area contributed by atoms with Gasteiger partial charge in [0.15, 0.2) is 0 Å². The monoisotopic (exact) mass is 341 g/mol. The Balaban J connectivity index is 1.66. The van der Waals surface area contributed by atoms with Gasteiger partial charge in [0, 0.05) is 29.8 Å². The maximum atomic E-state index is 12.0. The molecule has 0 radical (unpaired) electrons. The highest BCUT2D eigenvalue weighted by Crippen LogP contribution is 2.15. The zero-order valence-electron chi connectivity index (χ0n) is 11.7. The van der Waals surface area contributed by atoms with Gasteiger partial charge in [0.05, 0.1) is 12.7 Å². The molecule has 1 atom stereocenters. The van der Waals surface area contributed by atoms with Crippen LogP contribution in [0.2, 0.25) is 0 Å². The number of halogens is 1. The van der Waals surface area contributed by atoms with Crippen molar-refractivity contribution in [2.45, 2.75) is 25.9 Å². The van der Waals surface area contributed by atoms with Crippen molar-refractivity contribution in [3.63, 3.8) is 0 Å². The van der Waals surface area contributed by atoms with Gasteiger partial charge >= 0.3 is 0 Å². The smallest absolute Gasteiger partial charge is 0.251 e. The van der Waals surface area contributed by atoms with E-state index in [4.69, 9.17) is 9.47 Å². The number of hydrogen-bond donors (Lipinski definition) is 1. The molecule has 0 saturated carbocycles. The van der Waals surface area contributed by atoms with Crippen molar-refractivity contribution in [3.8, 4) is 0 Å². The second-order valence-corrected chi connectivity index (χ2v) is 5.90. The molecule has 1 aromatic carbocycles. The summed E-state index contributed by atoms with van der Waals surface area (Å²) < 4.78 is 11.8. The molecule has 1 N–H and O–H groups in total. The van der Waals surface area contributed by atoms with Gasteiger partial charge in [0.2, 0.25) is 0 Å². The van der Waals surface area contributed by atoms with Crippen LogP contribution in [-0.2, 0) is 9.47 Å². The molecule has 1 aliphatic rings. The van der Waals surface area contributed by atoms with Gasteiger partial charge in [-0.25, -0.2) is 0 Å². The highest BCUT2D eigenvalue weighted by molar-refractivity contribution is 9.10. The molecule has 1 saturated heterocycles. The van der Waals surface area contributed by atoms with E-state index in [0.717, 1.165) is 29.5 Å². The van der Waals surface area contributed by atoms with Crippen molar-refractivity contribution in [2.75, 3.05) is 26.4 Å². The third-order valence-electron chi connectivity index (χ3n) is 3.15. The van der Waals surface area contributed by atoms with Crippen LogP contribution in [0.25, 0.3) is 0 Å². The molecule has 4 nitrogen and oxygen atoms in total. The van der Waals surface area contributed by atoms with Crippen LogP contribution in [0.3, 0.4) is 0 Å². The van der Waals surface area contributed by atoms with E-state index in [1.807, 2.05) is 25.1 Å². The lowest BCUT2D eigenvalue weighted by molar-refractivity contribution is 0.0415. The van der Waals surface area contributed by atoms with E-state index in [0.29, 0.717) is 25.3 Å². The Bertz CT molecular complexity index is 438. The summed E-state index contributed by atoms with van der Waals surface area (Å²) in [6.45, 7) is 4.75. The molecule has 0 spiro atoms. The van der Waals surface area contributed by atoms with Crippen molar-refractivity contribution >= 4 is 21.8 Å². The van der Waals surface area contributed by atoms with E-state index >= 15 is 0 Å². The van der Waals surface area contributed by atoms with Crippen LogP contribution in [0.4, 0.5) is 0 Å². The van der Waals surface area contributed by atoms with E-state index in [1.165, 1.54) is 0 Å². The lowest BCUT2D eigenvalue weighted by Crippen LogP contribution is -2.26. The Kier molecular flexibility index (Phi) is 6.01. The molecule has 0 aromatic heterocycles. The lowest BCUT2D eigenvalue weighted by Gasteiger charge is -2.10. The van der Waals surface area contributed by atoms with Crippen LogP contribution in [-0.4, -0.2) is 38.4 Å². The van der Waals surface area contributed by atoms with E-state index in [9.17, 15) is 4.79 Å². The second-order valence-electron chi connectivity index (χ2n) is 4.98. The van der Waals surface area contributed by atoms with Gasteiger partial charge < -0.3 is 14.8 Å². The molecule has 2 rings (SSSR count). The van der Waals surface area contributed by atoms with Crippen LogP contribution in [0, 0.1) is 6.92 Å². The highest BCUT2D eigenvalue weighted by atomic mass is 79.9. The van der Waals surface area contributed by atoms with Crippen molar-refractivity contribution in [1.82, 2.24) is 5.32 Å². The summed E-state index contributed by atoms with van der Waals surface area (Å²) in [5.74, 6) is -0.0430. The Morgan fingerprint density at radius 1 is 1.50 bits per heavy atom. The first-order valence-corrected chi connectivity index (χ1v) is 7.69. The average Bonchev–Trinajstić information content (AvgIpc) is 2.90. The minimum Gasteiger partial charge on any atom is -0.379 e. The summed E-state index contributed by atoms with van der Waals surface area (Å²) in [7, 11) is 0. The number of ether oxygens (including phenoxy) is 2. The number of rotatable bonds is 6.